The van der Waals surface area contributed by atoms with Crippen LogP contribution >= 0.6 is 0 Å². The highest BCUT2D eigenvalue weighted by Gasteiger charge is 2.41. The summed E-state index contributed by atoms with van der Waals surface area (Å²) in [5.74, 6) is 0.751. The lowest BCUT2D eigenvalue weighted by Crippen LogP contribution is -2.31. The second kappa shape index (κ2) is 7.36. The van der Waals surface area contributed by atoms with Gasteiger partial charge in [0.25, 0.3) is 5.56 Å². The van der Waals surface area contributed by atoms with Crippen LogP contribution in [-0.4, -0.2) is 61.6 Å². The molecular weight excluding hydrogens is 424 g/mol. The Bertz CT molecular complexity index is 1330. The van der Waals surface area contributed by atoms with Crippen molar-refractivity contribution in [2.45, 2.75) is 11.8 Å². The van der Waals surface area contributed by atoms with Gasteiger partial charge in [-0.05, 0) is 50.0 Å². The highest BCUT2D eigenvalue weighted by atomic mass is 32.2. The van der Waals surface area contributed by atoms with Crippen LogP contribution in [0.15, 0.2) is 34.1 Å². The molecule has 31 heavy (non-hydrogen) atoms. The number of sulfonamides is 1. The summed E-state index contributed by atoms with van der Waals surface area (Å²) < 4.78 is 38.2. The average molecular weight is 446 g/mol. The van der Waals surface area contributed by atoms with E-state index in [-0.39, 0.29) is 22.8 Å². The van der Waals surface area contributed by atoms with Crippen molar-refractivity contribution in [2.75, 3.05) is 32.8 Å². The summed E-state index contributed by atoms with van der Waals surface area (Å²) in [6, 6.07) is 4.56. The third-order valence-corrected chi connectivity index (χ3v) is 7.86. The standard InChI is InChI=1S/C20H22N4O6S/c1-2-29-20(26)30-16-8-22-18-17(16)14-5-13(3-4-15(14)23-19(18)25)31(27,28)24-9-11-6-21-7-12(11)10-24/h3-5,8,11-12,21-22H,2,6-7,9-10H2,1H3,(H,23,25). The first-order valence-electron chi connectivity index (χ1n) is 10.1. The molecule has 11 heteroatoms. The normalized spacial score (nSPS) is 21.6. The number of nitrogens with zero attached hydrogens (tertiary/aromatic N) is 1. The number of fused-ring (bicyclic) bond motifs is 4. The molecular formula is C20H22N4O6S. The Morgan fingerprint density at radius 1 is 1.23 bits per heavy atom. The molecule has 2 fully saturated rings. The number of aromatic amines is 2. The Kier molecular flexibility index (Phi) is 4.76. The van der Waals surface area contributed by atoms with Crippen molar-refractivity contribution in [3.63, 3.8) is 0 Å². The molecule has 10 nitrogen and oxygen atoms in total. The minimum Gasteiger partial charge on any atom is -0.434 e. The third kappa shape index (κ3) is 3.29. The van der Waals surface area contributed by atoms with Crippen LogP contribution in [0.4, 0.5) is 4.79 Å². The maximum absolute atomic E-state index is 13.3. The van der Waals surface area contributed by atoms with Gasteiger partial charge in [-0.3, -0.25) is 4.79 Å². The van der Waals surface area contributed by atoms with E-state index in [4.69, 9.17) is 9.47 Å². The van der Waals surface area contributed by atoms with Gasteiger partial charge in [0.05, 0.1) is 16.9 Å². The van der Waals surface area contributed by atoms with E-state index in [0.29, 0.717) is 41.2 Å². The second-order valence-electron chi connectivity index (χ2n) is 7.85. The van der Waals surface area contributed by atoms with E-state index in [0.717, 1.165) is 13.1 Å². The van der Waals surface area contributed by atoms with Crippen LogP contribution in [0, 0.1) is 11.8 Å². The number of H-pyrrole nitrogens is 2. The summed E-state index contributed by atoms with van der Waals surface area (Å²) in [4.78, 5) is 29.9. The summed E-state index contributed by atoms with van der Waals surface area (Å²) in [5, 5.41) is 4.08. The molecule has 0 bridgehead atoms. The number of aromatic nitrogens is 2. The number of carbonyl (C=O) groups excluding carboxylic acids is 1. The van der Waals surface area contributed by atoms with Crippen LogP contribution in [0.2, 0.25) is 0 Å². The number of hydrogen-bond acceptors (Lipinski definition) is 7. The molecule has 0 radical (unpaired) electrons. The Morgan fingerprint density at radius 2 is 1.97 bits per heavy atom. The number of benzene rings is 1. The van der Waals surface area contributed by atoms with E-state index in [1.807, 2.05) is 0 Å². The molecule has 0 amide bonds. The van der Waals surface area contributed by atoms with Crippen LogP contribution in [0.5, 0.6) is 5.75 Å². The first-order chi connectivity index (χ1) is 14.9. The zero-order valence-electron chi connectivity index (χ0n) is 16.8. The van der Waals surface area contributed by atoms with Crippen LogP contribution in [-0.2, 0) is 14.8 Å². The molecule has 2 aliphatic rings. The monoisotopic (exact) mass is 446 g/mol. The number of hydrogen-bond donors (Lipinski definition) is 3. The van der Waals surface area contributed by atoms with Crippen LogP contribution in [0.1, 0.15) is 6.92 Å². The van der Waals surface area contributed by atoms with Crippen LogP contribution in [0.25, 0.3) is 21.8 Å². The smallest absolute Gasteiger partial charge is 0.434 e. The lowest BCUT2D eigenvalue weighted by molar-refractivity contribution is 0.105. The van der Waals surface area contributed by atoms with Gasteiger partial charge in [0, 0.05) is 30.2 Å². The van der Waals surface area contributed by atoms with Crippen molar-refractivity contribution in [3.05, 3.63) is 34.7 Å². The van der Waals surface area contributed by atoms with Gasteiger partial charge >= 0.3 is 6.16 Å². The molecule has 2 aliphatic heterocycles. The van der Waals surface area contributed by atoms with E-state index in [9.17, 15) is 18.0 Å². The van der Waals surface area contributed by atoms with E-state index < -0.39 is 21.7 Å². The van der Waals surface area contributed by atoms with Crippen LogP contribution < -0.4 is 15.6 Å². The largest absolute Gasteiger partial charge is 0.513 e. The SMILES string of the molecule is CCOC(=O)Oc1c[nH]c2c(=O)[nH]c3ccc(S(=O)(=O)N4CC5CNCC5C4)cc3c12. The minimum absolute atomic E-state index is 0.0980. The lowest BCUT2D eigenvalue weighted by atomic mass is 10.0. The van der Waals surface area contributed by atoms with Gasteiger partial charge in [0.15, 0.2) is 5.75 Å². The Hall–Kier alpha value is -2.89. The maximum atomic E-state index is 13.3. The third-order valence-electron chi connectivity index (χ3n) is 6.03. The van der Waals surface area contributed by atoms with E-state index in [1.54, 1.807) is 13.0 Å². The first-order valence-corrected chi connectivity index (χ1v) is 11.5. The summed E-state index contributed by atoms with van der Waals surface area (Å²) in [5.41, 5.74) is 0.215. The van der Waals surface area contributed by atoms with Gasteiger partial charge < -0.3 is 24.8 Å². The molecule has 4 heterocycles. The van der Waals surface area contributed by atoms with Crippen molar-refractivity contribution in [1.82, 2.24) is 19.6 Å². The topological polar surface area (TPSA) is 134 Å². The summed E-state index contributed by atoms with van der Waals surface area (Å²) >= 11 is 0. The molecule has 3 N–H and O–H groups in total. The van der Waals surface area contributed by atoms with Gasteiger partial charge in [-0.1, -0.05) is 0 Å². The fraction of sp³-hybridized carbons (Fsp3) is 0.400. The summed E-state index contributed by atoms with van der Waals surface area (Å²) in [6.45, 7) is 4.41. The molecule has 2 unspecified atom stereocenters. The predicted octanol–water partition coefficient (Wildman–Crippen LogP) is 1.38. The van der Waals surface area contributed by atoms with Gasteiger partial charge in [0.1, 0.15) is 5.52 Å². The molecule has 0 aliphatic carbocycles. The van der Waals surface area contributed by atoms with Crippen molar-refractivity contribution >= 4 is 38.0 Å². The van der Waals surface area contributed by atoms with Crippen molar-refractivity contribution in [2.24, 2.45) is 11.8 Å². The molecule has 1 aromatic carbocycles. The molecule has 3 aromatic rings. The minimum atomic E-state index is -3.71. The predicted molar refractivity (Wildman–Crippen MR) is 113 cm³/mol. The first kappa shape index (κ1) is 20.0. The lowest BCUT2D eigenvalue weighted by Gasteiger charge is -2.18. The quantitative estimate of drug-likeness (QED) is 0.516. The van der Waals surface area contributed by atoms with Crippen molar-refractivity contribution in [3.8, 4) is 5.75 Å². The Balaban J connectivity index is 1.60. The molecule has 2 atom stereocenters. The van der Waals surface area contributed by atoms with Gasteiger partial charge in [0.2, 0.25) is 10.0 Å². The van der Waals surface area contributed by atoms with Crippen molar-refractivity contribution < 1.29 is 22.7 Å². The fourth-order valence-electron chi connectivity index (χ4n) is 4.51. The molecule has 164 valence electrons. The highest BCUT2D eigenvalue weighted by Crippen LogP contribution is 2.34. The van der Waals surface area contributed by atoms with E-state index in [1.165, 1.54) is 22.6 Å². The van der Waals surface area contributed by atoms with E-state index >= 15 is 0 Å². The average Bonchev–Trinajstić information content (AvgIpc) is 3.43. The number of ether oxygens (including phenoxy) is 2. The zero-order chi connectivity index (χ0) is 21.8. The van der Waals surface area contributed by atoms with Gasteiger partial charge in [-0.25, -0.2) is 13.2 Å². The molecule has 2 saturated heterocycles. The maximum Gasteiger partial charge on any atom is 0.513 e. The molecule has 0 saturated carbocycles. The second-order valence-corrected chi connectivity index (χ2v) is 9.79. The van der Waals surface area contributed by atoms with E-state index in [2.05, 4.69) is 15.3 Å². The van der Waals surface area contributed by atoms with Gasteiger partial charge in [-0.15, -0.1) is 0 Å². The number of nitrogens with one attached hydrogen (secondary N) is 3. The molecule has 5 rings (SSSR count). The zero-order valence-corrected chi connectivity index (χ0v) is 17.6. The summed E-state index contributed by atoms with van der Waals surface area (Å²) in [7, 11) is -3.71. The summed E-state index contributed by atoms with van der Waals surface area (Å²) in [6.07, 6.45) is 0.476. The number of rotatable bonds is 4. The fourth-order valence-corrected chi connectivity index (χ4v) is 6.09. The Morgan fingerprint density at radius 3 is 2.68 bits per heavy atom. The Labute approximate surface area is 177 Å². The number of pyridine rings is 1. The number of carbonyl (C=O) groups is 1. The van der Waals surface area contributed by atoms with Gasteiger partial charge in [-0.2, -0.15) is 4.31 Å². The van der Waals surface area contributed by atoms with Crippen LogP contribution in [0.3, 0.4) is 0 Å². The van der Waals surface area contributed by atoms with Crippen molar-refractivity contribution in [1.29, 1.82) is 0 Å². The molecule has 0 spiro atoms. The highest BCUT2D eigenvalue weighted by molar-refractivity contribution is 7.89. The molecule has 2 aromatic heterocycles.